The predicted molar refractivity (Wildman–Crippen MR) is 70.8 cm³/mol. The Balaban J connectivity index is 2.12. The number of nitrogens with two attached hydrogens (primary N) is 1. The quantitative estimate of drug-likeness (QED) is 0.759. The molecule has 0 saturated heterocycles. The highest BCUT2D eigenvalue weighted by molar-refractivity contribution is 7.07. The van der Waals surface area contributed by atoms with E-state index in [1.807, 2.05) is 35.7 Å². The van der Waals surface area contributed by atoms with Crippen LogP contribution in [0, 0.1) is 0 Å². The molecule has 3 aromatic rings. The number of nitrogens with zero attached hydrogens (tertiary/aromatic N) is 4. The summed E-state index contributed by atoms with van der Waals surface area (Å²) >= 11 is 1.49. The van der Waals surface area contributed by atoms with E-state index in [9.17, 15) is 0 Å². The minimum Gasteiger partial charge on any atom is -0.368 e. The lowest BCUT2D eigenvalue weighted by Gasteiger charge is -2.03. The lowest BCUT2D eigenvalue weighted by atomic mass is 10.2. The maximum atomic E-state index is 5.72. The average Bonchev–Trinajstić information content (AvgIpc) is 2.93. The zero-order valence-electron chi connectivity index (χ0n) is 9.32. The number of nitrogen functional groups attached to an aromatic ring is 1. The Morgan fingerprint density at radius 3 is 2.44 bits per heavy atom. The van der Waals surface area contributed by atoms with Crippen LogP contribution < -0.4 is 5.73 Å². The van der Waals surface area contributed by atoms with Gasteiger partial charge in [-0.05, 0) is 0 Å². The van der Waals surface area contributed by atoms with Crippen LogP contribution in [0.1, 0.15) is 0 Å². The second kappa shape index (κ2) is 4.50. The Morgan fingerprint density at radius 2 is 1.72 bits per heavy atom. The van der Waals surface area contributed by atoms with Gasteiger partial charge >= 0.3 is 0 Å². The molecule has 0 fully saturated rings. The zero-order valence-corrected chi connectivity index (χ0v) is 10.1. The molecule has 0 aliphatic heterocycles. The molecule has 0 aliphatic carbocycles. The highest BCUT2D eigenvalue weighted by Crippen LogP contribution is 2.20. The van der Waals surface area contributed by atoms with Gasteiger partial charge in [0.1, 0.15) is 5.69 Å². The van der Waals surface area contributed by atoms with Crippen molar-refractivity contribution in [3.8, 4) is 22.9 Å². The number of hydrogen-bond donors (Lipinski definition) is 1. The topological polar surface area (TPSA) is 77.6 Å². The third-order valence-electron chi connectivity index (χ3n) is 2.35. The molecule has 5 nitrogen and oxygen atoms in total. The van der Waals surface area contributed by atoms with Crippen molar-refractivity contribution in [1.29, 1.82) is 0 Å². The Labute approximate surface area is 107 Å². The lowest BCUT2D eigenvalue weighted by Crippen LogP contribution is -2.02. The van der Waals surface area contributed by atoms with Crippen LogP contribution in [0.2, 0.25) is 0 Å². The molecule has 0 spiro atoms. The Morgan fingerprint density at radius 1 is 0.944 bits per heavy atom. The summed E-state index contributed by atoms with van der Waals surface area (Å²) < 4.78 is 0. The molecular weight excluding hydrogens is 246 g/mol. The van der Waals surface area contributed by atoms with E-state index in [0.29, 0.717) is 17.3 Å². The summed E-state index contributed by atoms with van der Waals surface area (Å²) in [5, 5.41) is 1.88. The highest BCUT2D eigenvalue weighted by atomic mass is 32.1. The van der Waals surface area contributed by atoms with Gasteiger partial charge in [0.15, 0.2) is 11.6 Å². The first kappa shape index (κ1) is 10.8. The minimum atomic E-state index is 0.201. The summed E-state index contributed by atoms with van der Waals surface area (Å²) in [4.78, 5) is 16.8. The van der Waals surface area contributed by atoms with Crippen molar-refractivity contribution in [1.82, 2.24) is 19.9 Å². The monoisotopic (exact) mass is 255 g/mol. The van der Waals surface area contributed by atoms with Gasteiger partial charge in [-0.3, -0.25) is 0 Å². The van der Waals surface area contributed by atoms with Gasteiger partial charge in [-0.1, -0.05) is 30.3 Å². The molecular formula is C12H9N5S. The summed E-state index contributed by atoms with van der Waals surface area (Å²) in [5.74, 6) is 1.26. The number of aromatic nitrogens is 4. The number of anilines is 1. The van der Waals surface area contributed by atoms with Crippen LogP contribution in [0.4, 0.5) is 5.95 Å². The number of rotatable bonds is 2. The van der Waals surface area contributed by atoms with Crippen LogP contribution in [0.3, 0.4) is 0 Å². The van der Waals surface area contributed by atoms with Crippen LogP contribution in [0.25, 0.3) is 22.9 Å². The SMILES string of the molecule is Nc1nc(-c2ccccc2)nc(-c2cscn2)n1. The molecule has 2 N–H and O–H groups in total. The second-order valence-corrected chi connectivity index (χ2v) is 4.30. The molecule has 2 heterocycles. The molecule has 0 radical (unpaired) electrons. The van der Waals surface area contributed by atoms with Gasteiger partial charge in [-0.15, -0.1) is 11.3 Å². The third kappa shape index (κ3) is 2.05. The fourth-order valence-corrected chi connectivity index (χ4v) is 2.08. The number of thiazole rings is 1. The largest absolute Gasteiger partial charge is 0.368 e. The van der Waals surface area contributed by atoms with E-state index in [-0.39, 0.29) is 5.95 Å². The Hall–Kier alpha value is -2.34. The highest BCUT2D eigenvalue weighted by Gasteiger charge is 2.09. The van der Waals surface area contributed by atoms with Crippen LogP contribution >= 0.6 is 11.3 Å². The summed E-state index contributed by atoms with van der Waals surface area (Å²) in [6.07, 6.45) is 0. The second-order valence-electron chi connectivity index (χ2n) is 3.58. The van der Waals surface area contributed by atoms with Gasteiger partial charge in [-0.2, -0.15) is 9.97 Å². The minimum absolute atomic E-state index is 0.201. The van der Waals surface area contributed by atoms with Crippen LogP contribution in [0.15, 0.2) is 41.2 Å². The van der Waals surface area contributed by atoms with Crippen molar-refractivity contribution in [3.63, 3.8) is 0 Å². The first-order chi connectivity index (χ1) is 8.83. The Kier molecular flexibility index (Phi) is 2.70. The van der Waals surface area contributed by atoms with Gasteiger partial charge in [0.25, 0.3) is 0 Å². The fraction of sp³-hybridized carbons (Fsp3) is 0. The average molecular weight is 255 g/mol. The van der Waals surface area contributed by atoms with Gasteiger partial charge in [0.05, 0.1) is 5.51 Å². The lowest BCUT2D eigenvalue weighted by molar-refractivity contribution is 1.07. The van der Waals surface area contributed by atoms with Crippen molar-refractivity contribution in [2.75, 3.05) is 5.73 Å². The van der Waals surface area contributed by atoms with Gasteiger partial charge in [0, 0.05) is 10.9 Å². The van der Waals surface area contributed by atoms with Crippen molar-refractivity contribution in [2.24, 2.45) is 0 Å². The molecule has 6 heteroatoms. The molecule has 3 rings (SSSR count). The standard InChI is InChI=1S/C12H9N5S/c13-12-16-10(8-4-2-1-3-5-8)15-11(17-12)9-6-18-7-14-9/h1-7H,(H2,13,15,16,17). The first-order valence-electron chi connectivity index (χ1n) is 5.28. The number of hydrogen-bond acceptors (Lipinski definition) is 6. The van der Waals surface area contributed by atoms with Crippen molar-refractivity contribution in [2.45, 2.75) is 0 Å². The molecule has 2 aromatic heterocycles. The van der Waals surface area contributed by atoms with E-state index >= 15 is 0 Å². The third-order valence-corrected chi connectivity index (χ3v) is 2.93. The van der Waals surface area contributed by atoms with Crippen LogP contribution in [-0.2, 0) is 0 Å². The molecule has 0 atom stereocenters. The predicted octanol–water partition coefficient (Wildman–Crippen LogP) is 2.24. The Bertz CT molecular complexity index is 651. The van der Waals surface area contributed by atoms with E-state index < -0.39 is 0 Å². The molecule has 0 aliphatic rings. The molecule has 0 saturated carbocycles. The maximum absolute atomic E-state index is 5.72. The van der Waals surface area contributed by atoms with Gasteiger partial charge < -0.3 is 5.73 Å². The van der Waals surface area contributed by atoms with Crippen molar-refractivity contribution < 1.29 is 0 Å². The van der Waals surface area contributed by atoms with Gasteiger partial charge in [-0.25, -0.2) is 9.97 Å². The van der Waals surface area contributed by atoms with E-state index in [0.717, 1.165) is 5.56 Å². The fourth-order valence-electron chi connectivity index (χ4n) is 1.55. The van der Waals surface area contributed by atoms with E-state index in [1.165, 1.54) is 11.3 Å². The normalized spacial score (nSPS) is 10.4. The van der Waals surface area contributed by atoms with Crippen molar-refractivity contribution >= 4 is 17.3 Å². The molecule has 88 valence electrons. The number of benzene rings is 1. The maximum Gasteiger partial charge on any atom is 0.224 e. The molecule has 1 aromatic carbocycles. The molecule has 0 amide bonds. The van der Waals surface area contributed by atoms with E-state index in [4.69, 9.17) is 5.73 Å². The molecule has 0 unspecified atom stereocenters. The summed E-state index contributed by atoms with van der Waals surface area (Å²) in [7, 11) is 0. The van der Waals surface area contributed by atoms with E-state index in [1.54, 1.807) is 5.51 Å². The van der Waals surface area contributed by atoms with Crippen LogP contribution in [-0.4, -0.2) is 19.9 Å². The van der Waals surface area contributed by atoms with Gasteiger partial charge in [0.2, 0.25) is 5.95 Å². The zero-order chi connectivity index (χ0) is 12.4. The van der Waals surface area contributed by atoms with E-state index in [2.05, 4.69) is 19.9 Å². The summed E-state index contributed by atoms with van der Waals surface area (Å²) in [6.45, 7) is 0. The molecule has 0 bridgehead atoms. The molecule has 18 heavy (non-hydrogen) atoms. The van der Waals surface area contributed by atoms with Crippen molar-refractivity contribution in [3.05, 3.63) is 41.2 Å². The smallest absolute Gasteiger partial charge is 0.224 e. The summed E-state index contributed by atoms with van der Waals surface area (Å²) in [5.41, 5.74) is 9.07. The first-order valence-corrected chi connectivity index (χ1v) is 6.23. The summed E-state index contributed by atoms with van der Waals surface area (Å²) in [6, 6.07) is 9.66. The van der Waals surface area contributed by atoms with Crippen LogP contribution in [0.5, 0.6) is 0 Å².